The number of ether oxygens (including phenoxy) is 2. The van der Waals surface area contributed by atoms with Crippen LogP contribution in [-0.2, 0) is 14.4 Å². The summed E-state index contributed by atoms with van der Waals surface area (Å²) in [5.74, 6) is -0.0304. The van der Waals surface area contributed by atoms with Gasteiger partial charge in [-0.1, -0.05) is 13.8 Å². The van der Waals surface area contributed by atoms with Gasteiger partial charge in [-0.25, -0.2) is 0 Å². The van der Waals surface area contributed by atoms with E-state index in [2.05, 4.69) is 5.32 Å². The van der Waals surface area contributed by atoms with E-state index in [0.29, 0.717) is 30.0 Å². The first-order valence-corrected chi connectivity index (χ1v) is 9.41. The molecule has 2 atom stereocenters. The molecule has 1 fully saturated rings. The second kappa shape index (κ2) is 8.93. The number of amides is 3. The molecule has 2 rings (SSSR count). The molecule has 7 nitrogen and oxygen atoms in total. The number of methoxy groups -OCH3 is 2. The number of anilines is 1. The maximum absolute atomic E-state index is 12.5. The number of imide groups is 1. The van der Waals surface area contributed by atoms with Crippen molar-refractivity contribution >= 4 is 35.2 Å². The van der Waals surface area contributed by atoms with E-state index in [0.717, 1.165) is 4.90 Å². The van der Waals surface area contributed by atoms with Crippen molar-refractivity contribution in [2.45, 2.75) is 37.2 Å². The number of thioether (sulfide) groups is 1. The highest BCUT2D eigenvalue weighted by Crippen LogP contribution is 2.32. The molecule has 1 N–H and O–H groups in total. The average molecular weight is 380 g/mol. The summed E-state index contributed by atoms with van der Waals surface area (Å²) in [6.07, 6.45) is 1.25. The van der Waals surface area contributed by atoms with E-state index in [4.69, 9.17) is 9.47 Å². The lowest BCUT2D eigenvalue weighted by molar-refractivity contribution is -0.147. The zero-order valence-electron chi connectivity index (χ0n) is 15.4. The molecule has 0 spiro atoms. The summed E-state index contributed by atoms with van der Waals surface area (Å²) in [6, 6.07) is 4.98. The molecule has 0 radical (unpaired) electrons. The summed E-state index contributed by atoms with van der Waals surface area (Å²) in [5, 5.41) is 2.11. The van der Waals surface area contributed by atoms with Crippen LogP contribution in [0.15, 0.2) is 18.2 Å². The van der Waals surface area contributed by atoms with E-state index < -0.39 is 5.91 Å². The number of nitrogens with one attached hydrogen (secondary N) is 1. The van der Waals surface area contributed by atoms with Crippen molar-refractivity contribution in [1.82, 2.24) is 4.90 Å². The highest BCUT2D eigenvalue weighted by atomic mass is 32.2. The minimum Gasteiger partial charge on any atom is -0.497 e. The van der Waals surface area contributed by atoms with E-state index in [1.165, 1.54) is 26.0 Å². The zero-order valence-corrected chi connectivity index (χ0v) is 16.2. The van der Waals surface area contributed by atoms with Crippen LogP contribution in [0.4, 0.5) is 5.69 Å². The van der Waals surface area contributed by atoms with Gasteiger partial charge in [0.25, 0.3) is 0 Å². The Morgan fingerprint density at radius 3 is 2.23 bits per heavy atom. The van der Waals surface area contributed by atoms with Gasteiger partial charge in [0.05, 0.1) is 30.4 Å². The first kappa shape index (κ1) is 20.1. The molecule has 8 heteroatoms. The minimum atomic E-state index is -0.452. The number of benzene rings is 1. The van der Waals surface area contributed by atoms with E-state index >= 15 is 0 Å². The molecular weight excluding hydrogens is 356 g/mol. The third kappa shape index (κ3) is 4.30. The lowest BCUT2D eigenvalue weighted by Gasteiger charge is -2.34. The van der Waals surface area contributed by atoms with Crippen LogP contribution >= 0.6 is 11.8 Å². The predicted molar refractivity (Wildman–Crippen MR) is 101 cm³/mol. The Kier molecular flexibility index (Phi) is 6.90. The summed E-state index contributed by atoms with van der Waals surface area (Å²) in [7, 11) is 3.02. The van der Waals surface area contributed by atoms with Gasteiger partial charge >= 0.3 is 0 Å². The normalized spacial score (nSPS) is 20.1. The Bertz CT molecular complexity index is 672. The lowest BCUT2D eigenvalue weighted by Crippen LogP contribution is -2.53. The van der Waals surface area contributed by atoms with Crippen LogP contribution in [0.3, 0.4) is 0 Å². The highest BCUT2D eigenvalue weighted by molar-refractivity contribution is 8.02. The fourth-order valence-corrected chi connectivity index (χ4v) is 3.97. The number of carbonyl (C=O) groups excluding carboxylic acids is 3. The lowest BCUT2D eigenvalue weighted by atomic mass is 10.2. The van der Waals surface area contributed by atoms with Gasteiger partial charge < -0.3 is 14.8 Å². The van der Waals surface area contributed by atoms with Crippen molar-refractivity contribution in [3.8, 4) is 11.5 Å². The van der Waals surface area contributed by atoms with Gasteiger partial charge in [-0.05, 0) is 25.0 Å². The largest absolute Gasteiger partial charge is 0.497 e. The summed E-state index contributed by atoms with van der Waals surface area (Å²) in [5.41, 5.74) is 0.448. The minimum absolute atomic E-state index is 0.291. The van der Waals surface area contributed by atoms with E-state index in [1.807, 2.05) is 13.8 Å². The van der Waals surface area contributed by atoms with Gasteiger partial charge in [0, 0.05) is 6.07 Å². The molecule has 1 aromatic rings. The first-order valence-electron chi connectivity index (χ1n) is 8.47. The Labute approximate surface area is 157 Å². The van der Waals surface area contributed by atoms with Crippen LogP contribution < -0.4 is 14.8 Å². The number of carbonyl (C=O) groups is 3. The standard InChI is InChI=1S/C18H24N2O5S/c1-5-14-17(22)20(18(23)15(6-2)26-14)10-16(21)19-12-8-7-11(24-3)9-13(12)25-4/h7-9,14-15H,5-6,10H2,1-4H3,(H,19,21). The van der Waals surface area contributed by atoms with E-state index in [-0.39, 0.29) is 28.9 Å². The molecule has 1 aliphatic heterocycles. The van der Waals surface area contributed by atoms with Crippen LogP contribution in [0.5, 0.6) is 11.5 Å². The summed E-state index contributed by atoms with van der Waals surface area (Å²) in [6.45, 7) is 3.50. The molecule has 26 heavy (non-hydrogen) atoms. The van der Waals surface area contributed by atoms with Crippen LogP contribution in [0.25, 0.3) is 0 Å². The Morgan fingerprint density at radius 2 is 1.73 bits per heavy atom. The third-order valence-electron chi connectivity index (χ3n) is 4.14. The van der Waals surface area contributed by atoms with Crippen LogP contribution in [0.1, 0.15) is 26.7 Å². The van der Waals surface area contributed by atoms with Crippen LogP contribution in [0.2, 0.25) is 0 Å². The fourth-order valence-electron chi connectivity index (χ4n) is 2.70. The molecule has 1 heterocycles. The van der Waals surface area contributed by atoms with Gasteiger partial charge in [-0.15, -0.1) is 11.8 Å². The summed E-state index contributed by atoms with van der Waals surface area (Å²) in [4.78, 5) is 38.5. The number of hydrogen-bond acceptors (Lipinski definition) is 6. The second-order valence-corrected chi connectivity index (χ2v) is 7.22. The molecule has 1 aromatic carbocycles. The number of nitrogens with zero attached hydrogens (tertiary/aromatic N) is 1. The Morgan fingerprint density at radius 1 is 1.12 bits per heavy atom. The van der Waals surface area contributed by atoms with Crippen molar-refractivity contribution in [1.29, 1.82) is 0 Å². The van der Waals surface area contributed by atoms with Gasteiger partial charge in [-0.2, -0.15) is 0 Å². The van der Waals surface area contributed by atoms with Gasteiger partial charge in [0.2, 0.25) is 17.7 Å². The smallest absolute Gasteiger partial charge is 0.244 e. The first-order chi connectivity index (χ1) is 12.4. The zero-order chi connectivity index (χ0) is 19.3. The molecule has 0 aromatic heterocycles. The van der Waals surface area contributed by atoms with E-state index in [9.17, 15) is 14.4 Å². The predicted octanol–water partition coefficient (Wildman–Crippen LogP) is 2.30. The molecule has 142 valence electrons. The van der Waals surface area contributed by atoms with Crippen molar-refractivity contribution < 1.29 is 23.9 Å². The Balaban J connectivity index is 2.13. The summed E-state index contributed by atoms with van der Waals surface area (Å²) < 4.78 is 10.4. The fraction of sp³-hybridized carbons (Fsp3) is 0.500. The molecule has 2 unspecified atom stereocenters. The summed E-state index contributed by atoms with van der Waals surface area (Å²) >= 11 is 1.39. The molecule has 0 bridgehead atoms. The van der Waals surface area contributed by atoms with Crippen molar-refractivity contribution in [2.24, 2.45) is 0 Å². The van der Waals surface area contributed by atoms with Crippen molar-refractivity contribution in [2.75, 3.05) is 26.1 Å². The topological polar surface area (TPSA) is 84.9 Å². The van der Waals surface area contributed by atoms with Crippen LogP contribution in [0, 0.1) is 0 Å². The van der Waals surface area contributed by atoms with Gasteiger partial charge in [-0.3, -0.25) is 19.3 Å². The maximum Gasteiger partial charge on any atom is 0.244 e. The number of rotatable bonds is 7. The van der Waals surface area contributed by atoms with Crippen molar-refractivity contribution in [3.63, 3.8) is 0 Å². The van der Waals surface area contributed by atoms with Gasteiger partial charge in [0.15, 0.2) is 0 Å². The molecule has 1 aliphatic rings. The monoisotopic (exact) mass is 380 g/mol. The molecule has 0 saturated carbocycles. The van der Waals surface area contributed by atoms with Crippen molar-refractivity contribution in [3.05, 3.63) is 18.2 Å². The van der Waals surface area contributed by atoms with Crippen LogP contribution in [-0.4, -0.2) is 53.9 Å². The van der Waals surface area contributed by atoms with Gasteiger partial charge in [0.1, 0.15) is 18.0 Å². The second-order valence-electron chi connectivity index (χ2n) is 5.81. The van der Waals surface area contributed by atoms with E-state index in [1.54, 1.807) is 18.2 Å². The highest BCUT2D eigenvalue weighted by Gasteiger charge is 2.40. The average Bonchev–Trinajstić information content (AvgIpc) is 2.65. The molecule has 0 aliphatic carbocycles. The Hall–Kier alpha value is -2.22. The quantitative estimate of drug-likeness (QED) is 0.731. The number of hydrogen-bond donors (Lipinski definition) is 1. The third-order valence-corrected chi connectivity index (χ3v) is 5.86. The molecule has 1 saturated heterocycles. The molecular formula is C18H24N2O5S. The molecule has 3 amide bonds. The maximum atomic E-state index is 12.5. The SMILES string of the molecule is CCC1SC(CC)C(=O)N(CC(=O)Nc2ccc(OC)cc2OC)C1=O.